The number of likely N-dealkylation sites (tertiary alicyclic amines) is 1. The van der Waals surface area contributed by atoms with Crippen LogP contribution in [-0.2, 0) is 14.9 Å². The molecule has 1 atom stereocenters. The SMILES string of the molecule is COC[C@@H]1CC2(CCN(S(=O)(=O)N(C)C)CC2)CN1CC1CC1. The monoisotopic (exact) mass is 345 g/mol. The Bertz CT molecular complexity index is 511. The molecule has 0 radical (unpaired) electrons. The second-order valence-electron chi connectivity index (χ2n) is 7.88. The largest absolute Gasteiger partial charge is 0.383 e. The smallest absolute Gasteiger partial charge is 0.281 e. The van der Waals surface area contributed by atoms with E-state index < -0.39 is 10.2 Å². The second kappa shape index (κ2) is 6.59. The van der Waals surface area contributed by atoms with Crippen molar-refractivity contribution in [1.29, 1.82) is 0 Å². The van der Waals surface area contributed by atoms with Crippen LogP contribution >= 0.6 is 0 Å². The van der Waals surface area contributed by atoms with Gasteiger partial charge in [-0.3, -0.25) is 4.90 Å². The van der Waals surface area contributed by atoms with Gasteiger partial charge in [0.2, 0.25) is 0 Å². The Morgan fingerprint density at radius 1 is 1.22 bits per heavy atom. The molecule has 0 aromatic heterocycles. The Morgan fingerprint density at radius 2 is 1.87 bits per heavy atom. The Hall–Kier alpha value is -0.210. The van der Waals surface area contributed by atoms with Gasteiger partial charge >= 0.3 is 0 Å². The molecule has 3 rings (SSSR count). The molecule has 2 saturated heterocycles. The zero-order valence-corrected chi connectivity index (χ0v) is 15.5. The fourth-order valence-corrected chi connectivity index (χ4v) is 5.35. The van der Waals surface area contributed by atoms with Gasteiger partial charge in [-0.15, -0.1) is 0 Å². The maximum atomic E-state index is 12.3. The minimum Gasteiger partial charge on any atom is -0.383 e. The zero-order chi connectivity index (χ0) is 16.7. The summed E-state index contributed by atoms with van der Waals surface area (Å²) >= 11 is 0. The number of methoxy groups -OCH3 is 1. The lowest BCUT2D eigenvalue weighted by molar-refractivity contribution is 0.112. The van der Waals surface area contributed by atoms with Gasteiger partial charge in [-0.05, 0) is 43.4 Å². The highest BCUT2D eigenvalue weighted by atomic mass is 32.2. The van der Waals surface area contributed by atoms with Crippen LogP contribution in [0.1, 0.15) is 32.1 Å². The first-order chi connectivity index (χ1) is 10.9. The summed E-state index contributed by atoms with van der Waals surface area (Å²) in [5.74, 6) is 0.888. The molecule has 2 heterocycles. The molecule has 1 saturated carbocycles. The molecular weight excluding hydrogens is 314 g/mol. The van der Waals surface area contributed by atoms with Gasteiger partial charge in [-0.25, -0.2) is 0 Å². The summed E-state index contributed by atoms with van der Waals surface area (Å²) in [5, 5.41) is 0. The van der Waals surface area contributed by atoms with Gasteiger partial charge in [-0.2, -0.15) is 17.0 Å². The van der Waals surface area contributed by atoms with Crippen LogP contribution < -0.4 is 0 Å². The van der Waals surface area contributed by atoms with Gasteiger partial charge in [0, 0.05) is 53.4 Å². The molecule has 23 heavy (non-hydrogen) atoms. The third kappa shape index (κ3) is 3.74. The van der Waals surface area contributed by atoms with Crippen molar-refractivity contribution in [2.45, 2.75) is 38.1 Å². The predicted octanol–water partition coefficient (Wildman–Crippen LogP) is 1.01. The van der Waals surface area contributed by atoms with E-state index in [0.29, 0.717) is 19.1 Å². The number of piperidine rings is 1. The van der Waals surface area contributed by atoms with E-state index in [2.05, 4.69) is 4.90 Å². The number of nitrogens with zero attached hydrogens (tertiary/aromatic N) is 3. The summed E-state index contributed by atoms with van der Waals surface area (Å²) in [6, 6.07) is 0.512. The van der Waals surface area contributed by atoms with Gasteiger partial charge < -0.3 is 4.74 Å². The quantitative estimate of drug-likeness (QED) is 0.721. The standard InChI is InChI=1S/C16H31N3O3S/c1-17(2)23(20,21)19-8-6-16(7-9-19)10-15(12-22-3)18(13-16)11-14-4-5-14/h14-15H,4-13H2,1-3H3/t15-/m0/s1. The van der Waals surface area contributed by atoms with Gasteiger partial charge in [0.25, 0.3) is 10.2 Å². The van der Waals surface area contributed by atoms with Crippen molar-refractivity contribution >= 4 is 10.2 Å². The fraction of sp³-hybridized carbons (Fsp3) is 1.00. The van der Waals surface area contributed by atoms with Gasteiger partial charge in [0.05, 0.1) is 6.61 Å². The van der Waals surface area contributed by atoms with Crippen LogP contribution in [0.3, 0.4) is 0 Å². The highest BCUT2D eigenvalue weighted by Gasteiger charge is 2.47. The van der Waals surface area contributed by atoms with E-state index in [1.54, 1.807) is 25.5 Å². The van der Waals surface area contributed by atoms with Gasteiger partial charge in [0.15, 0.2) is 0 Å². The summed E-state index contributed by atoms with van der Waals surface area (Å²) in [7, 11) is 1.74. The normalized spacial score (nSPS) is 29.7. The van der Waals surface area contributed by atoms with Gasteiger partial charge in [0.1, 0.15) is 0 Å². The van der Waals surface area contributed by atoms with Gasteiger partial charge in [-0.1, -0.05) is 0 Å². The molecule has 0 amide bonds. The molecule has 0 bridgehead atoms. The van der Waals surface area contributed by atoms with Crippen LogP contribution in [0.2, 0.25) is 0 Å². The Morgan fingerprint density at radius 3 is 2.39 bits per heavy atom. The minimum atomic E-state index is -3.26. The van der Waals surface area contributed by atoms with E-state index in [4.69, 9.17) is 4.74 Å². The molecule has 2 aliphatic heterocycles. The van der Waals surface area contributed by atoms with Crippen LogP contribution in [-0.4, -0.2) is 82.0 Å². The maximum absolute atomic E-state index is 12.3. The third-order valence-corrected chi connectivity index (χ3v) is 7.78. The minimum absolute atomic E-state index is 0.288. The average molecular weight is 346 g/mol. The molecule has 1 spiro atoms. The molecular formula is C16H31N3O3S. The Balaban J connectivity index is 1.63. The molecule has 3 fully saturated rings. The molecule has 1 aliphatic carbocycles. The van der Waals surface area contributed by atoms with E-state index in [-0.39, 0.29) is 5.41 Å². The average Bonchev–Trinajstić information content (AvgIpc) is 3.25. The van der Waals surface area contributed by atoms with E-state index in [0.717, 1.165) is 38.3 Å². The van der Waals surface area contributed by atoms with E-state index in [1.807, 2.05) is 0 Å². The summed E-state index contributed by atoms with van der Waals surface area (Å²) < 4.78 is 33.0. The maximum Gasteiger partial charge on any atom is 0.281 e. The van der Waals surface area contributed by atoms with Crippen molar-refractivity contribution in [2.24, 2.45) is 11.3 Å². The number of hydrogen-bond acceptors (Lipinski definition) is 4. The Labute approximate surface area is 140 Å². The van der Waals surface area contributed by atoms with E-state index in [9.17, 15) is 8.42 Å². The predicted molar refractivity (Wildman–Crippen MR) is 90.4 cm³/mol. The molecule has 0 aromatic carbocycles. The Kier molecular flexibility index (Phi) is 5.05. The van der Waals surface area contributed by atoms with Crippen molar-refractivity contribution in [3.63, 3.8) is 0 Å². The zero-order valence-electron chi connectivity index (χ0n) is 14.7. The first-order valence-electron chi connectivity index (χ1n) is 8.77. The first kappa shape index (κ1) is 17.6. The molecule has 0 N–H and O–H groups in total. The van der Waals surface area contributed by atoms with Crippen LogP contribution in [0.5, 0.6) is 0 Å². The summed E-state index contributed by atoms with van der Waals surface area (Å²) in [6.07, 6.45) is 5.85. The lowest BCUT2D eigenvalue weighted by Gasteiger charge is -2.39. The van der Waals surface area contributed by atoms with E-state index >= 15 is 0 Å². The molecule has 6 nitrogen and oxygen atoms in total. The fourth-order valence-electron chi connectivity index (χ4n) is 4.24. The van der Waals surface area contributed by atoms with Crippen molar-refractivity contribution < 1.29 is 13.2 Å². The second-order valence-corrected chi connectivity index (χ2v) is 10.0. The number of rotatable bonds is 6. The highest BCUT2D eigenvalue weighted by Crippen LogP contribution is 2.45. The molecule has 3 aliphatic rings. The summed E-state index contributed by atoms with van der Waals surface area (Å²) in [4.78, 5) is 2.62. The van der Waals surface area contributed by atoms with Crippen molar-refractivity contribution in [3.8, 4) is 0 Å². The number of ether oxygens (including phenoxy) is 1. The molecule has 0 unspecified atom stereocenters. The third-order valence-electron chi connectivity index (χ3n) is 5.84. The lowest BCUT2D eigenvalue weighted by atomic mass is 9.77. The van der Waals surface area contributed by atoms with Crippen LogP contribution in [0.25, 0.3) is 0 Å². The molecule has 0 aromatic rings. The number of hydrogen-bond donors (Lipinski definition) is 0. The summed E-state index contributed by atoms with van der Waals surface area (Å²) in [5.41, 5.74) is 0.288. The van der Waals surface area contributed by atoms with Crippen molar-refractivity contribution in [3.05, 3.63) is 0 Å². The van der Waals surface area contributed by atoms with E-state index in [1.165, 1.54) is 23.7 Å². The summed E-state index contributed by atoms with van der Waals surface area (Å²) in [6.45, 7) is 4.42. The van der Waals surface area contributed by atoms with Crippen LogP contribution in [0.4, 0.5) is 0 Å². The van der Waals surface area contributed by atoms with Crippen LogP contribution in [0, 0.1) is 11.3 Å². The first-order valence-corrected chi connectivity index (χ1v) is 10.2. The van der Waals surface area contributed by atoms with Crippen LogP contribution in [0.15, 0.2) is 0 Å². The highest BCUT2D eigenvalue weighted by molar-refractivity contribution is 7.86. The lowest BCUT2D eigenvalue weighted by Crippen LogP contribution is -2.48. The van der Waals surface area contributed by atoms with Crippen molar-refractivity contribution in [1.82, 2.24) is 13.5 Å². The molecule has 134 valence electrons. The molecule has 7 heteroatoms. The van der Waals surface area contributed by atoms with Crippen molar-refractivity contribution in [2.75, 3.05) is 54.0 Å². The topological polar surface area (TPSA) is 53.1 Å².